The van der Waals surface area contributed by atoms with Crippen LogP contribution in [0, 0.1) is 0 Å². The van der Waals surface area contributed by atoms with Crippen LogP contribution in [0.5, 0.6) is 0 Å². The van der Waals surface area contributed by atoms with Crippen LogP contribution in [-0.2, 0) is 4.79 Å². The molecule has 1 atom stereocenters. The number of thioether (sulfide) groups is 1. The van der Waals surface area contributed by atoms with E-state index in [0.29, 0.717) is 6.42 Å². The van der Waals surface area contributed by atoms with Crippen molar-refractivity contribution in [3.8, 4) is 0 Å². The first-order valence-corrected chi connectivity index (χ1v) is 7.44. The maximum atomic E-state index is 11.6. The third-order valence-corrected chi connectivity index (χ3v) is 4.98. The SMILES string of the molecule is CCC(N)C(=O)NCC1(SC)CCCCC1. The third kappa shape index (κ3) is 3.67. The molecular weight excluding hydrogens is 220 g/mol. The Labute approximate surface area is 103 Å². The fraction of sp³-hybridized carbons (Fsp3) is 0.917. The van der Waals surface area contributed by atoms with Crippen molar-refractivity contribution in [2.75, 3.05) is 12.8 Å². The number of amides is 1. The Morgan fingerprint density at radius 2 is 2.06 bits per heavy atom. The Morgan fingerprint density at radius 3 is 2.56 bits per heavy atom. The molecule has 0 heterocycles. The molecule has 3 N–H and O–H groups in total. The predicted molar refractivity (Wildman–Crippen MR) is 70.6 cm³/mol. The van der Waals surface area contributed by atoms with Crippen molar-refractivity contribution in [2.45, 2.75) is 56.2 Å². The lowest BCUT2D eigenvalue weighted by Gasteiger charge is -2.36. The zero-order chi connectivity index (χ0) is 12.0. The average Bonchev–Trinajstić information content (AvgIpc) is 2.36. The summed E-state index contributed by atoms with van der Waals surface area (Å²) in [7, 11) is 0. The molecule has 0 aromatic carbocycles. The first-order chi connectivity index (χ1) is 7.63. The predicted octanol–water partition coefficient (Wildman–Crippen LogP) is 1.91. The van der Waals surface area contributed by atoms with Gasteiger partial charge in [-0.25, -0.2) is 0 Å². The van der Waals surface area contributed by atoms with Gasteiger partial charge < -0.3 is 11.1 Å². The van der Waals surface area contributed by atoms with Crippen LogP contribution in [0.25, 0.3) is 0 Å². The molecule has 0 aromatic rings. The Morgan fingerprint density at radius 1 is 1.44 bits per heavy atom. The van der Waals surface area contributed by atoms with Crippen molar-refractivity contribution in [3.63, 3.8) is 0 Å². The summed E-state index contributed by atoms with van der Waals surface area (Å²) >= 11 is 1.90. The lowest BCUT2D eigenvalue weighted by Crippen LogP contribution is -2.47. The van der Waals surface area contributed by atoms with Gasteiger partial charge in [-0.2, -0.15) is 11.8 Å². The van der Waals surface area contributed by atoms with Crippen LogP contribution in [0.1, 0.15) is 45.4 Å². The summed E-state index contributed by atoms with van der Waals surface area (Å²) in [4.78, 5) is 11.6. The number of carbonyl (C=O) groups is 1. The lowest BCUT2D eigenvalue weighted by molar-refractivity contribution is -0.122. The molecule has 1 aliphatic rings. The van der Waals surface area contributed by atoms with E-state index in [0.717, 1.165) is 6.54 Å². The number of nitrogens with two attached hydrogens (primary N) is 1. The summed E-state index contributed by atoms with van der Waals surface area (Å²) in [5.74, 6) is 0.00139. The Balaban J connectivity index is 2.41. The Bertz CT molecular complexity index is 227. The second-order valence-electron chi connectivity index (χ2n) is 4.68. The first-order valence-electron chi connectivity index (χ1n) is 6.22. The third-order valence-electron chi connectivity index (χ3n) is 3.56. The number of hydrogen-bond donors (Lipinski definition) is 2. The van der Waals surface area contributed by atoms with Gasteiger partial charge in [0.05, 0.1) is 6.04 Å². The molecule has 16 heavy (non-hydrogen) atoms. The van der Waals surface area contributed by atoms with Gasteiger partial charge in [-0.1, -0.05) is 26.2 Å². The van der Waals surface area contributed by atoms with Crippen LogP contribution in [0.15, 0.2) is 0 Å². The fourth-order valence-electron chi connectivity index (χ4n) is 2.21. The van der Waals surface area contributed by atoms with Crippen LogP contribution >= 0.6 is 11.8 Å². The van der Waals surface area contributed by atoms with E-state index in [9.17, 15) is 4.79 Å². The minimum atomic E-state index is -0.345. The maximum absolute atomic E-state index is 11.6. The molecule has 1 aliphatic carbocycles. The topological polar surface area (TPSA) is 55.1 Å². The van der Waals surface area contributed by atoms with Gasteiger partial charge in [0.2, 0.25) is 5.91 Å². The monoisotopic (exact) mass is 244 g/mol. The Hall–Kier alpha value is -0.220. The van der Waals surface area contributed by atoms with Crippen LogP contribution in [-0.4, -0.2) is 29.5 Å². The minimum absolute atomic E-state index is 0.00139. The normalized spacial score (nSPS) is 21.4. The highest BCUT2D eigenvalue weighted by Gasteiger charge is 2.31. The quantitative estimate of drug-likeness (QED) is 0.776. The average molecular weight is 244 g/mol. The van der Waals surface area contributed by atoms with Crippen LogP contribution in [0.2, 0.25) is 0 Å². The second-order valence-corrected chi connectivity index (χ2v) is 5.95. The van der Waals surface area contributed by atoms with Crippen molar-refractivity contribution >= 4 is 17.7 Å². The van der Waals surface area contributed by atoms with Gasteiger partial charge >= 0.3 is 0 Å². The smallest absolute Gasteiger partial charge is 0.236 e. The highest BCUT2D eigenvalue weighted by molar-refractivity contribution is 8.00. The number of carbonyl (C=O) groups excluding carboxylic acids is 1. The maximum Gasteiger partial charge on any atom is 0.236 e. The van der Waals surface area contributed by atoms with E-state index in [4.69, 9.17) is 5.73 Å². The van der Waals surface area contributed by atoms with Gasteiger partial charge in [0.25, 0.3) is 0 Å². The molecule has 3 nitrogen and oxygen atoms in total. The van der Waals surface area contributed by atoms with E-state index in [1.54, 1.807) is 0 Å². The summed E-state index contributed by atoms with van der Waals surface area (Å²) in [5, 5.41) is 3.01. The number of hydrogen-bond acceptors (Lipinski definition) is 3. The van der Waals surface area contributed by atoms with Crippen LogP contribution < -0.4 is 11.1 Å². The summed E-state index contributed by atoms with van der Waals surface area (Å²) in [5.41, 5.74) is 5.70. The van der Waals surface area contributed by atoms with Crippen molar-refractivity contribution in [2.24, 2.45) is 5.73 Å². The highest BCUT2D eigenvalue weighted by Crippen LogP contribution is 2.37. The molecule has 94 valence electrons. The van der Waals surface area contributed by atoms with Gasteiger partial charge in [-0.3, -0.25) is 4.79 Å². The van der Waals surface area contributed by atoms with Gasteiger partial charge in [-0.05, 0) is 25.5 Å². The lowest BCUT2D eigenvalue weighted by atomic mass is 9.88. The fourth-order valence-corrected chi connectivity index (χ4v) is 3.13. The van der Waals surface area contributed by atoms with E-state index < -0.39 is 0 Å². The molecule has 0 aromatic heterocycles. The standard InChI is InChI=1S/C12H24N2OS/c1-3-10(13)11(15)14-9-12(16-2)7-5-4-6-8-12/h10H,3-9,13H2,1-2H3,(H,14,15). The number of nitrogens with one attached hydrogen (secondary N) is 1. The van der Waals surface area contributed by atoms with E-state index >= 15 is 0 Å². The van der Waals surface area contributed by atoms with Crippen LogP contribution in [0.4, 0.5) is 0 Å². The van der Waals surface area contributed by atoms with Crippen molar-refractivity contribution < 1.29 is 4.79 Å². The van der Waals surface area contributed by atoms with Gasteiger partial charge in [-0.15, -0.1) is 0 Å². The highest BCUT2D eigenvalue weighted by atomic mass is 32.2. The van der Waals surface area contributed by atoms with Crippen molar-refractivity contribution in [1.29, 1.82) is 0 Å². The molecule has 0 spiro atoms. The van der Waals surface area contributed by atoms with Gasteiger partial charge in [0, 0.05) is 11.3 Å². The van der Waals surface area contributed by atoms with Gasteiger partial charge in [0.1, 0.15) is 0 Å². The molecule has 1 amide bonds. The van der Waals surface area contributed by atoms with E-state index in [1.165, 1.54) is 32.1 Å². The van der Waals surface area contributed by atoms with Gasteiger partial charge in [0.15, 0.2) is 0 Å². The molecule has 0 bridgehead atoms. The van der Waals surface area contributed by atoms with Crippen LogP contribution in [0.3, 0.4) is 0 Å². The number of rotatable bonds is 5. The van der Waals surface area contributed by atoms with Crippen molar-refractivity contribution in [1.82, 2.24) is 5.32 Å². The summed E-state index contributed by atoms with van der Waals surface area (Å²) in [6.45, 7) is 2.72. The van der Waals surface area contributed by atoms with E-state index in [1.807, 2.05) is 18.7 Å². The van der Waals surface area contributed by atoms with E-state index in [-0.39, 0.29) is 16.7 Å². The Kier molecular flexibility index (Phi) is 5.62. The molecule has 0 aliphatic heterocycles. The molecule has 1 rings (SSSR count). The largest absolute Gasteiger partial charge is 0.353 e. The first kappa shape index (κ1) is 13.8. The zero-order valence-corrected chi connectivity index (χ0v) is 11.2. The molecule has 0 saturated heterocycles. The summed E-state index contributed by atoms with van der Waals surface area (Å²) in [6, 6.07) is -0.345. The summed E-state index contributed by atoms with van der Waals surface area (Å²) < 4.78 is 0.265. The molecular formula is C12H24N2OS. The molecule has 0 radical (unpaired) electrons. The minimum Gasteiger partial charge on any atom is -0.353 e. The zero-order valence-electron chi connectivity index (χ0n) is 10.4. The van der Waals surface area contributed by atoms with E-state index in [2.05, 4.69) is 11.6 Å². The molecule has 4 heteroatoms. The molecule has 1 fully saturated rings. The van der Waals surface area contributed by atoms with Crippen molar-refractivity contribution in [3.05, 3.63) is 0 Å². The second kappa shape index (κ2) is 6.50. The molecule has 1 unspecified atom stereocenters. The summed E-state index contributed by atoms with van der Waals surface area (Å²) in [6.07, 6.45) is 9.21. The molecule has 1 saturated carbocycles.